The minimum atomic E-state index is -0.402. The van der Waals surface area contributed by atoms with Gasteiger partial charge in [-0.05, 0) is 70.0 Å². The van der Waals surface area contributed by atoms with Gasteiger partial charge in [0.1, 0.15) is 5.75 Å². The summed E-state index contributed by atoms with van der Waals surface area (Å²) in [5.41, 5.74) is 3.51. The molecule has 2 aromatic heterocycles. The van der Waals surface area contributed by atoms with E-state index in [1.54, 1.807) is 19.2 Å². The second-order valence-corrected chi connectivity index (χ2v) is 9.29. The molecular formula is C26H29N3O3S. The lowest BCUT2D eigenvalue weighted by Crippen LogP contribution is -2.29. The second kappa shape index (κ2) is 9.23. The van der Waals surface area contributed by atoms with Crippen LogP contribution in [0.2, 0.25) is 0 Å². The maximum atomic E-state index is 13.4. The highest BCUT2D eigenvalue weighted by Crippen LogP contribution is 2.44. The summed E-state index contributed by atoms with van der Waals surface area (Å²) >= 11 is 5.93. The number of rotatable bonds is 7. The molecule has 172 valence electrons. The van der Waals surface area contributed by atoms with E-state index in [2.05, 4.69) is 14.5 Å². The number of carbonyl (C=O) groups excluding carboxylic acids is 1. The van der Waals surface area contributed by atoms with Gasteiger partial charge in [-0.3, -0.25) is 9.88 Å². The molecule has 1 N–H and O–H groups in total. The number of aromatic nitrogens is 2. The molecule has 1 aromatic carbocycles. The molecule has 0 bridgehead atoms. The number of pyridine rings is 1. The number of aromatic hydroxyl groups is 1. The van der Waals surface area contributed by atoms with Crippen LogP contribution < -0.4 is 0 Å². The van der Waals surface area contributed by atoms with Crippen molar-refractivity contribution in [1.82, 2.24) is 14.5 Å². The number of phenolic OH excluding ortho intramolecular Hbond substituents is 1. The van der Waals surface area contributed by atoms with E-state index in [0.29, 0.717) is 28.4 Å². The van der Waals surface area contributed by atoms with Gasteiger partial charge in [-0.25, -0.2) is 4.79 Å². The molecule has 0 atom stereocenters. The Labute approximate surface area is 199 Å². The number of benzene rings is 1. The smallest absolute Gasteiger partial charge is 0.341 e. The van der Waals surface area contributed by atoms with E-state index in [4.69, 9.17) is 17.0 Å². The quantitative estimate of drug-likeness (QED) is 0.302. The predicted octanol–water partition coefficient (Wildman–Crippen LogP) is 5.01. The van der Waals surface area contributed by atoms with Crippen molar-refractivity contribution in [2.24, 2.45) is 0 Å². The van der Waals surface area contributed by atoms with E-state index < -0.39 is 5.97 Å². The largest absolute Gasteiger partial charge is 0.508 e. The van der Waals surface area contributed by atoms with Gasteiger partial charge in [-0.1, -0.05) is 24.7 Å². The van der Waals surface area contributed by atoms with Crippen molar-refractivity contribution in [2.75, 3.05) is 19.7 Å². The molecule has 2 aliphatic rings. The van der Waals surface area contributed by atoms with Crippen molar-refractivity contribution < 1.29 is 14.6 Å². The molecule has 0 unspecified atom stereocenters. The molecular weight excluding hydrogens is 434 g/mol. The first kappa shape index (κ1) is 22.0. The van der Waals surface area contributed by atoms with Crippen molar-refractivity contribution in [2.45, 2.75) is 51.6 Å². The Morgan fingerprint density at radius 1 is 1.18 bits per heavy atom. The number of thiocarbonyl (C=S) groups is 1. The summed E-state index contributed by atoms with van der Waals surface area (Å²) in [6.45, 7) is 4.66. The minimum Gasteiger partial charge on any atom is -0.508 e. The topological polar surface area (TPSA) is 67.6 Å². The highest BCUT2D eigenvalue weighted by molar-refractivity contribution is 7.81. The van der Waals surface area contributed by atoms with Crippen LogP contribution in [-0.4, -0.2) is 50.1 Å². The number of hydrogen-bond donors (Lipinski definition) is 1. The first-order valence-electron chi connectivity index (χ1n) is 11.8. The Kier molecular flexibility index (Phi) is 6.17. The Morgan fingerprint density at radius 3 is 2.64 bits per heavy atom. The molecule has 6 nitrogen and oxygen atoms in total. The van der Waals surface area contributed by atoms with Crippen molar-refractivity contribution in [3.8, 4) is 5.75 Å². The number of nitrogens with zero attached hydrogens (tertiary/aromatic N) is 3. The molecule has 3 aromatic rings. The van der Waals surface area contributed by atoms with E-state index in [9.17, 15) is 9.90 Å². The zero-order chi connectivity index (χ0) is 22.9. The fraction of sp³-hybridized carbons (Fsp3) is 0.423. The fourth-order valence-corrected chi connectivity index (χ4v) is 5.24. The van der Waals surface area contributed by atoms with E-state index in [1.165, 1.54) is 6.42 Å². The van der Waals surface area contributed by atoms with Crippen molar-refractivity contribution in [3.63, 3.8) is 0 Å². The third-order valence-electron chi connectivity index (χ3n) is 6.59. The van der Waals surface area contributed by atoms with Crippen LogP contribution in [0.25, 0.3) is 10.9 Å². The molecule has 0 spiro atoms. The van der Waals surface area contributed by atoms with E-state index in [-0.39, 0.29) is 18.4 Å². The molecule has 1 saturated carbocycles. The van der Waals surface area contributed by atoms with E-state index in [0.717, 1.165) is 55.2 Å². The summed E-state index contributed by atoms with van der Waals surface area (Å²) in [7, 11) is 0. The van der Waals surface area contributed by atoms with Crippen LogP contribution in [-0.2, 0) is 11.3 Å². The van der Waals surface area contributed by atoms with Crippen LogP contribution in [0.4, 0.5) is 0 Å². The zero-order valence-corrected chi connectivity index (χ0v) is 19.7. The van der Waals surface area contributed by atoms with Gasteiger partial charge in [-0.2, -0.15) is 0 Å². The second-order valence-electron chi connectivity index (χ2n) is 8.88. The van der Waals surface area contributed by atoms with Gasteiger partial charge < -0.3 is 14.4 Å². The van der Waals surface area contributed by atoms with Gasteiger partial charge >= 0.3 is 5.97 Å². The zero-order valence-electron chi connectivity index (χ0n) is 18.9. The fourth-order valence-electron chi connectivity index (χ4n) is 4.92. The highest BCUT2D eigenvalue weighted by atomic mass is 32.1. The van der Waals surface area contributed by atoms with Gasteiger partial charge in [0.15, 0.2) is 0 Å². The number of piperidine rings is 1. The molecule has 3 heterocycles. The van der Waals surface area contributed by atoms with E-state index >= 15 is 0 Å². The number of hydrogen-bond acceptors (Lipinski definition) is 6. The number of likely N-dealkylation sites (tertiary alicyclic amines) is 1. The highest BCUT2D eigenvalue weighted by Gasteiger charge is 2.36. The molecule has 2 fully saturated rings. The maximum absolute atomic E-state index is 13.4. The molecule has 7 heteroatoms. The average Bonchev–Trinajstić information content (AvgIpc) is 3.62. The summed E-state index contributed by atoms with van der Waals surface area (Å²) in [6.07, 6.45) is 7.32. The Morgan fingerprint density at radius 2 is 1.97 bits per heavy atom. The molecule has 1 aliphatic carbocycles. The van der Waals surface area contributed by atoms with Crippen LogP contribution in [0.1, 0.15) is 72.4 Å². The summed E-state index contributed by atoms with van der Waals surface area (Å²) < 4.78 is 7.73. The molecule has 1 saturated heterocycles. The lowest BCUT2D eigenvalue weighted by Gasteiger charge is -2.27. The van der Waals surface area contributed by atoms with Crippen molar-refractivity contribution >= 4 is 34.0 Å². The molecule has 33 heavy (non-hydrogen) atoms. The summed E-state index contributed by atoms with van der Waals surface area (Å²) in [4.78, 5) is 20.8. The van der Waals surface area contributed by atoms with Gasteiger partial charge in [0.05, 0.1) is 33.9 Å². The first-order valence-corrected chi connectivity index (χ1v) is 12.2. The first-order chi connectivity index (χ1) is 16.1. The monoisotopic (exact) mass is 463 g/mol. The Balaban J connectivity index is 1.76. The third-order valence-corrected chi connectivity index (χ3v) is 6.99. The summed E-state index contributed by atoms with van der Waals surface area (Å²) in [6, 6.07) is 9.57. The summed E-state index contributed by atoms with van der Waals surface area (Å²) in [5, 5.41) is 11.7. The van der Waals surface area contributed by atoms with Crippen LogP contribution in [0.5, 0.6) is 5.75 Å². The standard InChI is InChI=1S/C26H29N3O3S/c1-2-32-26(31)23-22-18(16-28-14-6-3-7-15-28)21(30)12-11-20(22)29(17-9-10-17)24(23)25(33)19-8-4-5-13-27-19/h4-5,8,11-13,17,30H,2-3,6-7,9-10,14-16H2,1H3. The van der Waals surface area contributed by atoms with Crippen LogP contribution >= 0.6 is 12.2 Å². The van der Waals surface area contributed by atoms with Gasteiger partial charge in [-0.15, -0.1) is 0 Å². The molecule has 0 amide bonds. The number of fused-ring (bicyclic) bond motifs is 1. The van der Waals surface area contributed by atoms with E-state index in [1.807, 2.05) is 24.3 Å². The molecule has 5 rings (SSSR count). The minimum absolute atomic E-state index is 0.210. The molecule has 1 aliphatic heterocycles. The SMILES string of the molecule is CCOC(=O)c1c(C(=S)c2ccccn2)n(C2CC2)c2ccc(O)c(CN3CCCCC3)c12. The maximum Gasteiger partial charge on any atom is 0.341 e. The van der Waals surface area contributed by atoms with Crippen LogP contribution in [0.3, 0.4) is 0 Å². The van der Waals surface area contributed by atoms with Gasteiger partial charge in [0.2, 0.25) is 0 Å². The van der Waals surface area contributed by atoms with Gasteiger partial charge in [0, 0.05) is 29.7 Å². The van der Waals surface area contributed by atoms with Gasteiger partial charge in [0.25, 0.3) is 0 Å². The lowest BCUT2D eigenvalue weighted by molar-refractivity contribution is 0.0528. The molecule has 0 radical (unpaired) electrons. The van der Waals surface area contributed by atoms with Crippen molar-refractivity contribution in [1.29, 1.82) is 0 Å². The number of esters is 1. The third kappa shape index (κ3) is 4.15. The van der Waals surface area contributed by atoms with Crippen LogP contribution in [0.15, 0.2) is 36.5 Å². The average molecular weight is 464 g/mol. The Bertz CT molecular complexity index is 1190. The normalized spacial score (nSPS) is 16.8. The predicted molar refractivity (Wildman–Crippen MR) is 132 cm³/mol. The number of phenols is 1. The summed E-state index contributed by atoms with van der Waals surface area (Å²) in [5.74, 6) is -0.192. The van der Waals surface area contributed by atoms with Crippen LogP contribution in [0, 0.1) is 0 Å². The van der Waals surface area contributed by atoms with Crippen molar-refractivity contribution in [3.05, 3.63) is 59.0 Å². The number of ether oxygens (including phenoxy) is 1. The lowest BCUT2D eigenvalue weighted by atomic mass is 10.0. The number of carbonyl (C=O) groups is 1. The Hall–Kier alpha value is -2.77.